The molecule has 0 bridgehead atoms. The molecule has 1 amide bonds. The van der Waals surface area contributed by atoms with Crippen LogP contribution in [0.1, 0.15) is 35.5 Å². The highest BCUT2D eigenvalue weighted by molar-refractivity contribution is 7.20. The Balaban J connectivity index is 1.74. The van der Waals surface area contributed by atoms with E-state index in [-0.39, 0.29) is 5.91 Å². The van der Waals surface area contributed by atoms with Crippen molar-refractivity contribution in [2.24, 2.45) is 11.8 Å². The average molecular weight is 395 g/mol. The van der Waals surface area contributed by atoms with Gasteiger partial charge in [-0.1, -0.05) is 32.0 Å². The molecule has 2 aromatic heterocycles. The maximum atomic E-state index is 13.3. The van der Waals surface area contributed by atoms with Crippen molar-refractivity contribution in [2.75, 3.05) is 25.0 Å². The van der Waals surface area contributed by atoms with Gasteiger partial charge in [0, 0.05) is 25.8 Å². The molecule has 28 heavy (non-hydrogen) atoms. The molecule has 3 heterocycles. The highest BCUT2D eigenvalue weighted by atomic mass is 32.1. The Hall–Kier alpha value is -2.47. The number of amides is 1. The van der Waals surface area contributed by atoms with Crippen molar-refractivity contribution in [3.05, 3.63) is 47.1 Å². The first kappa shape index (κ1) is 18.9. The first-order valence-corrected chi connectivity index (χ1v) is 10.6. The van der Waals surface area contributed by atoms with Gasteiger partial charge in [-0.05, 0) is 42.9 Å². The average Bonchev–Trinajstić information content (AvgIpc) is 3.03. The molecule has 1 fully saturated rings. The molecule has 0 spiro atoms. The summed E-state index contributed by atoms with van der Waals surface area (Å²) in [6, 6.07) is 10.1. The minimum absolute atomic E-state index is 0.132. The number of likely N-dealkylation sites (tertiary alicyclic amines) is 1. The summed E-state index contributed by atoms with van der Waals surface area (Å²) < 4.78 is 0. The largest absolute Gasteiger partial charge is 0.337 e. The SMILES string of the molecule is Cc1c(C(=O)N2CC(C)CC(C)C2)sc2ncnc(N(C)c3ccccc3)c12. The Morgan fingerprint density at radius 2 is 1.82 bits per heavy atom. The van der Waals surface area contributed by atoms with Gasteiger partial charge in [0.15, 0.2) is 0 Å². The number of nitrogens with zero attached hydrogens (tertiary/aromatic N) is 4. The first-order valence-electron chi connectivity index (χ1n) is 9.77. The van der Waals surface area contributed by atoms with E-state index in [2.05, 4.69) is 40.8 Å². The number of para-hydroxylation sites is 1. The second kappa shape index (κ2) is 7.51. The molecular weight excluding hydrogens is 368 g/mol. The Morgan fingerprint density at radius 1 is 1.14 bits per heavy atom. The summed E-state index contributed by atoms with van der Waals surface area (Å²) in [5, 5.41) is 0.973. The van der Waals surface area contributed by atoms with Gasteiger partial charge in [0.1, 0.15) is 17.0 Å². The van der Waals surface area contributed by atoms with Crippen LogP contribution in [0, 0.1) is 18.8 Å². The van der Waals surface area contributed by atoms with Gasteiger partial charge in [-0.15, -0.1) is 11.3 Å². The van der Waals surface area contributed by atoms with Gasteiger partial charge in [0.05, 0.1) is 10.3 Å². The highest BCUT2D eigenvalue weighted by Gasteiger charge is 2.29. The fraction of sp³-hybridized carbons (Fsp3) is 0.409. The van der Waals surface area contributed by atoms with Gasteiger partial charge < -0.3 is 9.80 Å². The summed E-state index contributed by atoms with van der Waals surface area (Å²) >= 11 is 1.49. The molecule has 0 aliphatic carbocycles. The standard InChI is InChI=1S/C22H26N4OS/c1-14-10-15(2)12-26(11-14)22(27)19-16(3)18-20(23-13-24-21(18)28-19)25(4)17-8-6-5-7-9-17/h5-9,13-15H,10-12H2,1-4H3. The molecule has 1 aliphatic heterocycles. The summed E-state index contributed by atoms with van der Waals surface area (Å²) in [5.74, 6) is 2.06. The van der Waals surface area contributed by atoms with Gasteiger partial charge in [-0.3, -0.25) is 4.79 Å². The van der Waals surface area contributed by atoms with Crippen molar-refractivity contribution < 1.29 is 4.79 Å². The Kier molecular flexibility index (Phi) is 5.06. The van der Waals surface area contributed by atoms with Crippen molar-refractivity contribution in [2.45, 2.75) is 27.2 Å². The van der Waals surface area contributed by atoms with Crippen molar-refractivity contribution in [1.29, 1.82) is 0 Å². The highest BCUT2D eigenvalue weighted by Crippen LogP contribution is 2.37. The molecule has 2 atom stereocenters. The fourth-order valence-electron chi connectivity index (χ4n) is 4.26. The van der Waals surface area contributed by atoms with E-state index in [4.69, 9.17) is 0 Å². The van der Waals surface area contributed by atoms with Crippen LogP contribution in [0.2, 0.25) is 0 Å². The van der Waals surface area contributed by atoms with Crippen molar-refractivity contribution >= 4 is 39.0 Å². The minimum atomic E-state index is 0.132. The first-order chi connectivity index (χ1) is 13.5. The molecule has 6 heteroatoms. The lowest BCUT2D eigenvalue weighted by Gasteiger charge is -2.34. The molecule has 146 valence electrons. The maximum absolute atomic E-state index is 13.3. The number of benzene rings is 1. The van der Waals surface area contributed by atoms with E-state index in [1.807, 2.05) is 37.1 Å². The van der Waals surface area contributed by atoms with E-state index in [9.17, 15) is 4.79 Å². The van der Waals surface area contributed by atoms with Crippen molar-refractivity contribution in [1.82, 2.24) is 14.9 Å². The summed E-state index contributed by atoms with van der Waals surface area (Å²) in [6.07, 6.45) is 2.78. The molecule has 0 saturated carbocycles. The van der Waals surface area contributed by atoms with Crippen LogP contribution < -0.4 is 4.90 Å². The van der Waals surface area contributed by atoms with E-state index >= 15 is 0 Å². The molecule has 2 unspecified atom stereocenters. The molecular formula is C22H26N4OS. The van der Waals surface area contributed by atoms with Crippen molar-refractivity contribution in [3.63, 3.8) is 0 Å². The number of carbonyl (C=O) groups excluding carboxylic acids is 1. The smallest absolute Gasteiger partial charge is 0.264 e. The number of rotatable bonds is 3. The van der Waals surface area contributed by atoms with Crippen LogP contribution in [0.5, 0.6) is 0 Å². The maximum Gasteiger partial charge on any atom is 0.264 e. The van der Waals surface area contributed by atoms with Gasteiger partial charge in [0.25, 0.3) is 5.91 Å². The zero-order chi connectivity index (χ0) is 19.8. The van der Waals surface area contributed by atoms with E-state index in [1.54, 1.807) is 6.33 Å². The van der Waals surface area contributed by atoms with Gasteiger partial charge >= 0.3 is 0 Å². The molecule has 1 saturated heterocycles. The summed E-state index contributed by atoms with van der Waals surface area (Å²) in [7, 11) is 2.00. The monoisotopic (exact) mass is 394 g/mol. The van der Waals surface area contributed by atoms with Crippen LogP contribution in [0.15, 0.2) is 36.7 Å². The van der Waals surface area contributed by atoms with Crippen LogP contribution in [-0.4, -0.2) is 40.9 Å². The number of aromatic nitrogens is 2. The van der Waals surface area contributed by atoms with Crippen molar-refractivity contribution in [3.8, 4) is 0 Å². The van der Waals surface area contributed by atoms with Crippen LogP contribution in [-0.2, 0) is 0 Å². The topological polar surface area (TPSA) is 49.3 Å². The number of carbonyl (C=O) groups is 1. The van der Waals surface area contributed by atoms with Crippen LogP contribution in [0.4, 0.5) is 11.5 Å². The molecule has 0 N–H and O–H groups in total. The molecule has 1 aromatic carbocycles. The van der Waals surface area contributed by atoms with E-state index < -0.39 is 0 Å². The third-order valence-electron chi connectivity index (χ3n) is 5.52. The number of piperidine rings is 1. The normalized spacial score (nSPS) is 19.8. The van der Waals surface area contributed by atoms with Crippen LogP contribution in [0.25, 0.3) is 10.2 Å². The third-order valence-corrected chi connectivity index (χ3v) is 6.71. The summed E-state index contributed by atoms with van der Waals surface area (Å²) in [4.78, 5) is 28.1. The van der Waals surface area contributed by atoms with E-state index in [0.717, 1.165) is 45.3 Å². The summed E-state index contributed by atoms with van der Waals surface area (Å²) in [6.45, 7) is 8.14. The molecule has 4 rings (SSSR count). The minimum Gasteiger partial charge on any atom is -0.337 e. The third kappa shape index (κ3) is 3.37. The predicted molar refractivity (Wildman–Crippen MR) is 116 cm³/mol. The second-order valence-corrected chi connectivity index (χ2v) is 8.98. The van der Waals surface area contributed by atoms with E-state index in [1.165, 1.54) is 17.8 Å². The van der Waals surface area contributed by atoms with Gasteiger partial charge in [-0.2, -0.15) is 0 Å². The lowest BCUT2D eigenvalue weighted by atomic mass is 9.92. The zero-order valence-corrected chi connectivity index (χ0v) is 17.7. The quantitative estimate of drug-likeness (QED) is 0.635. The summed E-state index contributed by atoms with van der Waals surface area (Å²) in [5.41, 5.74) is 2.04. The molecule has 3 aromatic rings. The predicted octanol–water partition coefficient (Wildman–Crippen LogP) is 4.89. The van der Waals surface area contributed by atoms with Gasteiger partial charge in [-0.25, -0.2) is 9.97 Å². The van der Waals surface area contributed by atoms with Crippen LogP contribution >= 0.6 is 11.3 Å². The Morgan fingerprint density at radius 3 is 2.50 bits per heavy atom. The zero-order valence-electron chi connectivity index (χ0n) is 16.8. The fourth-order valence-corrected chi connectivity index (χ4v) is 5.37. The second-order valence-electron chi connectivity index (χ2n) is 7.98. The van der Waals surface area contributed by atoms with Crippen LogP contribution in [0.3, 0.4) is 0 Å². The van der Waals surface area contributed by atoms with E-state index in [0.29, 0.717) is 11.8 Å². The number of hydrogen-bond donors (Lipinski definition) is 0. The molecule has 1 aliphatic rings. The number of hydrogen-bond acceptors (Lipinski definition) is 5. The number of aryl methyl sites for hydroxylation is 1. The Labute approximate surface area is 170 Å². The van der Waals surface area contributed by atoms with Gasteiger partial charge in [0.2, 0.25) is 0 Å². The molecule has 0 radical (unpaired) electrons. The lowest BCUT2D eigenvalue weighted by Crippen LogP contribution is -2.42. The Bertz CT molecular complexity index is 990. The lowest BCUT2D eigenvalue weighted by molar-refractivity contribution is 0.0627. The number of anilines is 2. The molecule has 5 nitrogen and oxygen atoms in total. The number of fused-ring (bicyclic) bond motifs is 1. The number of thiophene rings is 1.